The van der Waals surface area contributed by atoms with Gasteiger partial charge in [0.15, 0.2) is 0 Å². The van der Waals surface area contributed by atoms with Crippen molar-refractivity contribution < 1.29 is 51.0 Å². The number of benzene rings is 1. The van der Waals surface area contributed by atoms with E-state index < -0.39 is 8.07 Å². The summed E-state index contributed by atoms with van der Waals surface area (Å²) in [4.78, 5) is 0. The van der Waals surface area contributed by atoms with Crippen molar-refractivity contribution in [3.05, 3.63) is 77.0 Å². The zero-order valence-corrected chi connectivity index (χ0v) is 21.5. The Kier molecular flexibility index (Phi) is 12.2. The van der Waals surface area contributed by atoms with Gasteiger partial charge in [0, 0.05) is 0 Å². The van der Waals surface area contributed by atoms with Crippen LogP contribution in [0.15, 0.2) is 59.8 Å². The third-order valence-corrected chi connectivity index (χ3v) is 7.02. The molecule has 0 aliphatic heterocycles. The standard InChI is InChI=1S/C15H15.C8H13Si.2ClH.Zr/c1-2-6-12(7-3-1)15-11-10-13-8-4-5-9-14(13)15;1-9(2,3)8-6-4-5-7-8;;;/h1-3,6-7,10-11H,4-5,8-9H2;6-7H,4H2,1-3H3;2*1H;/q2*-1;;;+4/p-2. The van der Waals surface area contributed by atoms with Gasteiger partial charge in [0.05, 0.1) is 0 Å². The van der Waals surface area contributed by atoms with Gasteiger partial charge in [0.1, 0.15) is 0 Å². The Morgan fingerprint density at radius 2 is 1.63 bits per heavy atom. The molecule has 4 heteroatoms. The largest absolute Gasteiger partial charge is 4.00 e. The van der Waals surface area contributed by atoms with Crippen LogP contribution in [0.1, 0.15) is 30.4 Å². The number of hydrogen-bond acceptors (Lipinski definition) is 0. The second-order valence-electron chi connectivity index (χ2n) is 7.79. The molecular formula is C23H28Cl2SiZr. The van der Waals surface area contributed by atoms with E-state index in [1.165, 1.54) is 36.8 Å². The van der Waals surface area contributed by atoms with Crippen molar-refractivity contribution >= 4 is 8.07 Å². The molecule has 0 heterocycles. The Morgan fingerprint density at radius 3 is 2.19 bits per heavy atom. The summed E-state index contributed by atoms with van der Waals surface area (Å²) in [6.45, 7) is 7.09. The fourth-order valence-electron chi connectivity index (χ4n) is 3.51. The van der Waals surface area contributed by atoms with Gasteiger partial charge in [0.2, 0.25) is 0 Å². The molecule has 0 aromatic heterocycles. The molecule has 0 fully saturated rings. The fraction of sp³-hybridized carbons (Fsp3) is 0.348. The maximum Gasteiger partial charge on any atom is 4.00 e. The van der Waals surface area contributed by atoms with E-state index >= 15 is 0 Å². The summed E-state index contributed by atoms with van der Waals surface area (Å²) in [5.41, 5.74) is 6.03. The predicted octanol–water partition coefficient (Wildman–Crippen LogP) is 0.510. The first-order chi connectivity index (χ1) is 11.6. The summed E-state index contributed by atoms with van der Waals surface area (Å²) in [6.07, 6.45) is 14.0. The number of rotatable bonds is 2. The normalized spacial score (nSPS) is 14.4. The molecule has 0 radical (unpaired) electrons. The van der Waals surface area contributed by atoms with E-state index in [-0.39, 0.29) is 51.0 Å². The van der Waals surface area contributed by atoms with Gasteiger partial charge in [-0.2, -0.15) is 34.9 Å². The van der Waals surface area contributed by atoms with Gasteiger partial charge in [-0.05, 0) is 8.07 Å². The maximum absolute atomic E-state index is 3.20. The van der Waals surface area contributed by atoms with E-state index in [0.29, 0.717) is 0 Å². The Morgan fingerprint density at radius 1 is 0.963 bits per heavy atom. The Labute approximate surface area is 197 Å². The quantitative estimate of drug-likeness (QED) is 0.422. The van der Waals surface area contributed by atoms with Crippen LogP contribution >= 0.6 is 0 Å². The van der Waals surface area contributed by atoms with Crippen molar-refractivity contribution in [3.8, 4) is 11.1 Å². The molecule has 0 spiro atoms. The number of fused-ring (bicyclic) bond motifs is 1. The van der Waals surface area contributed by atoms with Crippen LogP contribution in [-0.2, 0) is 39.0 Å². The van der Waals surface area contributed by atoms with E-state index in [1.54, 1.807) is 16.3 Å². The molecule has 0 unspecified atom stereocenters. The van der Waals surface area contributed by atoms with Crippen LogP contribution in [0.3, 0.4) is 0 Å². The zero-order valence-electron chi connectivity index (χ0n) is 16.5. The van der Waals surface area contributed by atoms with Crippen LogP contribution in [0.5, 0.6) is 0 Å². The number of halogens is 2. The van der Waals surface area contributed by atoms with Gasteiger partial charge < -0.3 is 24.8 Å². The molecule has 2 aromatic carbocycles. The van der Waals surface area contributed by atoms with Crippen molar-refractivity contribution in [1.82, 2.24) is 0 Å². The Bertz CT molecular complexity index is 739. The first-order valence-corrected chi connectivity index (χ1v) is 12.7. The van der Waals surface area contributed by atoms with Crippen LogP contribution in [-0.4, -0.2) is 8.07 Å². The van der Waals surface area contributed by atoms with Gasteiger partial charge in [-0.25, -0.2) is 11.3 Å². The topological polar surface area (TPSA) is 0 Å². The van der Waals surface area contributed by atoms with E-state index in [0.717, 1.165) is 6.42 Å². The third kappa shape index (κ3) is 7.24. The van der Waals surface area contributed by atoms with Crippen LogP contribution in [0.4, 0.5) is 0 Å². The van der Waals surface area contributed by atoms with E-state index in [2.05, 4.69) is 80.3 Å². The van der Waals surface area contributed by atoms with Crippen molar-refractivity contribution in [2.24, 2.45) is 0 Å². The van der Waals surface area contributed by atoms with Gasteiger partial charge in [-0.3, -0.25) is 6.08 Å². The van der Waals surface area contributed by atoms with Crippen LogP contribution < -0.4 is 24.8 Å². The first kappa shape index (κ1) is 26.7. The summed E-state index contributed by atoms with van der Waals surface area (Å²) in [7, 11) is -0.981. The van der Waals surface area contributed by atoms with E-state index in [4.69, 9.17) is 0 Å². The minimum atomic E-state index is -0.981. The van der Waals surface area contributed by atoms with Crippen LogP contribution in [0.2, 0.25) is 19.6 Å². The predicted molar refractivity (Wildman–Crippen MR) is 108 cm³/mol. The molecule has 2 aromatic rings. The van der Waals surface area contributed by atoms with E-state index in [9.17, 15) is 0 Å². The minimum absolute atomic E-state index is 0. The summed E-state index contributed by atoms with van der Waals surface area (Å²) in [5.74, 6) is 0. The molecule has 2 aliphatic rings. The molecule has 0 saturated carbocycles. The smallest absolute Gasteiger partial charge is 1.00 e. The summed E-state index contributed by atoms with van der Waals surface area (Å²) in [5, 5.41) is 1.56. The molecule has 2 aliphatic carbocycles. The van der Waals surface area contributed by atoms with Crippen molar-refractivity contribution in [3.63, 3.8) is 0 Å². The van der Waals surface area contributed by atoms with Gasteiger partial charge in [0.25, 0.3) is 0 Å². The Balaban J connectivity index is 0.000000498. The fourth-order valence-corrected chi connectivity index (χ4v) is 4.76. The Hall–Kier alpha value is -0.270. The molecule has 0 saturated heterocycles. The van der Waals surface area contributed by atoms with Gasteiger partial charge >= 0.3 is 26.2 Å². The number of aryl methyl sites for hydroxylation is 1. The van der Waals surface area contributed by atoms with Gasteiger partial charge in [-0.1, -0.05) is 81.2 Å². The molecule has 0 N–H and O–H groups in total. The third-order valence-electron chi connectivity index (χ3n) is 4.94. The summed E-state index contributed by atoms with van der Waals surface area (Å²) in [6, 6.07) is 15.4. The van der Waals surface area contributed by atoms with Crippen molar-refractivity contribution in [2.75, 3.05) is 0 Å². The number of hydrogen-bond donors (Lipinski definition) is 0. The van der Waals surface area contributed by atoms with Crippen molar-refractivity contribution in [1.29, 1.82) is 0 Å². The molecule has 0 bridgehead atoms. The summed E-state index contributed by atoms with van der Waals surface area (Å²) < 4.78 is 0. The average Bonchev–Trinajstić information content (AvgIpc) is 3.26. The molecule has 0 amide bonds. The molecule has 4 rings (SSSR count). The molecule has 0 nitrogen and oxygen atoms in total. The van der Waals surface area contributed by atoms with Gasteiger partial charge in [-0.15, -0.1) is 6.42 Å². The molecule has 0 atom stereocenters. The molecule has 142 valence electrons. The second kappa shape index (κ2) is 12.3. The maximum atomic E-state index is 3.20. The van der Waals surface area contributed by atoms with Crippen molar-refractivity contribution in [2.45, 2.75) is 51.7 Å². The first-order valence-electron chi connectivity index (χ1n) is 9.16. The minimum Gasteiger partial charge on any atom is -1.00 e. The van der Waals surface area contributed by atoms with E-state index in [1.807, 2.05) is 0 Å². The monoisotopic (exact) mass is 492 g/mol. The zero-order chi connectivity index (χ0) is 17.0. The van der Waals surface area contributed by atoms with Crippen LogP contribution in [0, 0.1) is 6.08 Å². The molecular weight excluding hydrogens is 466 g/mol. The van der Waals surface area contributed by atoms with Crippen LogP contribution in [0.25, 0.3) is 11.1 Å². The molecule has 27 heavy (non-hydrogen) atoms. The number of allylic oxidation sites excluding steroid dienone is 4. The second-order valence-corrected chi connectivity index (χ2v) is 12.9. The SMILES string of the molecule is C[Si](C)(C)C1=CC[C-]=C1.[Cl-].[Cl-].[Zr+4].c1ccc(-c2c[cH-]c3c2CCCC3)cc1. The average molecular weight is 495 g/mol. The summed E-state index contributed by atoms with van der Waals surface area (Å²) >= 11 is 0.